The van der Waals surface area contributed by atoms with Crippen molar-refractivity contribution in [3.05, 3.63) is 0 Å². The Kier molecular flexibility index (Phi) is 45.8. The van der Waals surface area contributed by atoms with Gasteiger partial charge in [0.1, 0.15) is 12.2 Å². The average molecular weight is 810 g/mol. The highest BCUT2D eigenvalue weighted by Gasteiger charge is 2.28. The van der Waals surface area contributed by atoms with E-state index in [4.69, 9.17) is 0 Å². The summed E-state index contributed by atoms with van der Waals surface area (Å²) in [7, 11) is 0. The fourth-order valence-electron chi connectivity index (χ4n) is 8.47. The zero-order valence-electron chi connectivity index (χ0n) is 38.6. The van der Waals surface area contributed by atoms with E-state index in [-0.39, 0.29) is 0 Å². The molecule has 0 aliphatic rings. The molecular weight excluding hydrogens is 707 g/mol. The normalized spacial score (nSPS) is 13.9. The minimum Gasteiger partial charge on any atom is -0.394 e. The first-order chi connectivity index (χ1) is 28.0. The SMILES string of the molecule is CCCCCCCCCCCCCCCCCCCCCCCCCCCCCCCCCCCCCCCCC(O)C(=O)NC(CO)C(O)C(O)CCCCC. The van der Waals surface area contributed by atoms with Crippen LogP contribution in [0.4, 0.5) is 0 Å². The molecule has 5 N–H and O–H groups in total. The molecule has 4 unspecified atom stereocenters. The number of nitrogens with one attached hydrogen (secondary N) is 1. The van der Waals surface area contributed by atoms with Crippen LogP contribution in [0.15, 0.2) is 0 Å². The van der Waals surface area contributed by atoms with Gasteiger partial charge in [0.25, 0.3) is 0 Å². The first kappa shape index (κ1) is 56.3. The molecule has 0 aliphatic carbocycles. The molecule has 0 radical (unpaired) electrons. The minimum absolute atomic E-state index is 0.374. The van der Waals surface area contributed by atoms with Gasteiger partial charge in [-0.25, -0.2) is 0 Å². The molecule has 0 bridgehead atoms. The first-order valence-corrected chi connectivity index (χ1v) is 25.9. The molecule has 57 heavy (non-hydrogen) atoms. The molecule has 0 aliphatic heterocycles. The van der Waals surface area contributed by atoms with Crippen molar-refractivity contribution < 1.29 is 25.2 Å². The highest BCUT2D eigenvalue weighted by Crippen LogP contribution is 2.18. The highest BCUT2D eigenvalue weighted by molar-refractivity contribution is 5.80. The van der Waals surface area contributed by atoms with Crippen LogP contribution < -0.4 is 5.32 Å². The second kappa shape index (κ2) is 46.4. The quantitative estimate of drug-likeness (QED) is 0.0393. The van der Waals surface area contributed by atoms with E-state index in [0.717, 1.165) is 38.5 Å². The summed E-state index contributed by atoms with van der Waals surface area (Å²) in [5.74, 6) is -0.588. The molecule has 0 heterocycles. The highest BCUT2D eigenvalue weighted by atomic mass is 16.3. The van der Waals surface area contributed by atoms with Crippen molar-refractivity contribution in [3.8, 4) is 0 Å². The molecule has 342 valence electrons. The maximum Gasteiger partial charge on any atom is 0.249 e. The lowest BCUT2D eigenvalue weighted by molar-refractivity contribution is -0.132. The summed E-state index contributed by atoms with van der Waals surface area (Å²) in [5, 5.41) is 42.8. The van der Waals surface area contributed by atoms with Gasteiger partial charge in [-0.2, -0.15) is 0 Å². The summed E-state index contributed by atoms with van der Waals surface area (Å²) in [6.45, 7) is 3.88. The fourth-order valence-corrected chi connectivity index (χ4v) is 8.47. The van der Waals surface area contributed by atoms with Gasteiger partial charge in [0, 0.05) is 0 Å². The molecule has 0 spiro atoms. The third-order valence-corrected chi connectivity index (χ3v) is 12.6. The monoisotopic (exact) mass is 810 g/mol. The summed E-state index contributed by atoms with van der Waals surface area (Å²) in [4.78, 5) is 12.4. The zero-order valence-corrected chi connectivity index (χ0v) is 38.6. The Morgan fingerprint density at radius 3 is 0.860 bits per heavy atom. The van der Waals surface area contributed by atoms with Gasteiger partial charge in [-0.15, -0.1) is 0 Å². The number of carbonyl (C=O) groups is 1. The zero-order chi connectivity index (χ0) is 41.7. The number of rotatable bonds is 48. The van der Waals surface area contributed by atoms with E-state index in [0.29, 0.717) is 12.8 Å². The van der Waals surface area contributed by atoms with Crippen LogP contribution >= 0.6 is 0 Å². The van der Waals surface area contributed by atoms with Crippen molar-refractivity contribution in [2.45, 2.75) is 314 Å². The summed E-state index contributed by atoms with van der Waals surface area (Å²) in [5.41, 5.74) is 0. The number of carbonyl (C=O) groups excluding carboxylic acids is 1. The van der Waals surface area contributed by atoms with Gasteiger partial charge < -0.3 is 25.7 Å². The number of amides is 1. The number of hydrogen-bond donors (Lipinski definition) is 5. The average Bonchev–Trinajstić information content (AvgIpc) is 3.21. The van der Waals surface area contributed by atoms with Crippen LogP contribution in [0.3, 0.4) is 0 Å². The number of hydrogen-bond acceptors (Lipinski definition) is 5. The molecule has 0 saturated heterocycles. The molecule has 0 aromatic carbocycles. The Morgan fingerprint density at radius 2 is 0.596 bits per heavy atom. The predicted molar refractivity (Wildman–Crippen MR) is 247 cm³/mol. The van der Waals surface area contributed by atoms with Crippen LogP contribution in [-0.4, -0.2) is 57.3 Å². The summed E-state index contributed by atoms with van der Waals surface area (Å²) >= 11 is 0. The Hall–Kier alpha value is -0.690. The van der Waals surface area contributed by atoms with Crippen molar-refractivity contribution >= 4 is 5.91 Å². The Bertz CT molecular complexity index is 781. The maximum atomic E-state index is 12.4. The van der Waals surface area contributed by atoms with Crippen molar-refractivity contribution in [1.82, 2.24) is 5.32 Å². The van der Waals surface area contributed by atoms with Gasteiger partial charge in [-0.3, -0.25) is 4.79 Å². The second-order valence-corrected chi connectivity index (χ2v) is 18.2. The lowest BCUT2D eigenvalue weighted by atomic mass is 10.00. The van der Waals surface area contributed by atoms with E-state index in [2.05, 4.69) is 19.2 Å². The van der Waals surface area contributed by atoms with Crippen LogP contribution in [0.5, 0.6) is 0 Å². The summed E-state index contributed by atoms with van der Waals surface area (Å²) in [6.07, 6.45) is 53.0. The van der Waals surface area contributed by atoms with Crippen LogP contribution in [0, 0.1) is 0 Å². The van der Waals surface area contributed by atoms with E-state index in [1.165, 1.54) is 225 Å². The van der Waals surface area contributed by atoms with Crippen molar-refractivity contribution in [3.63, 3.8) is 0 Å². The molecule has 0 aromatic heterocycles. The molecule has 0 rings (SSSR count). The molecule has 1 amide bonds. The molecule has 6 nitrogen and oxygen atoms in total. The van der Waals surface area contributed by atoms with Gasteiger partial charge >= 0.3 is 0 Å². The van der Waals surface area contributed by atoms with Crippen LogP contribution in [0.1, 0.15) is 290 Å². The predicted octanol–water partition coefficient (Wildman–Crippen LogP) is 14.4. The van der Waals surface area contributed by atoms with E-state index in [9.17, 15) is 25.2 Å². The van der Waals surface area contributed by atoms with E-state index in [1.54, 1.807) is 0 Å². The topological polar surface area (TPSA) is 110 Å². The molecule has 6 heteroatoms. The standard InChI is InChI=1S/C51H103NO5/c1-3-5-7-8-9-10-11-12-13-14-15-16-17-18-19-20-21-22-23-24-25-26-27-28-29-30-31-32-33-34-35-36-37-38-39-40-41-43-45-49(55)51(57)52-47(46-53)50(56)48(54)44-42-6-4-2/h47-50,53-56H,3-46H2,1-2H3,(H,52,57). The number of unbranched alkanes of at least 4 members (excludes halogenated alkanes) is 39. The Labute approximate surface area is 356 Å². The molecular formula is C51H103NO5. The van der Waals surface area contributed by atoms with Crippen LogP contribution in [0.2, 0.25) is 0 Å². The summed E-state index contributed by atoms with van der Waals surface area (Å²) in [6, 6.07) is -0.976. The third-order valence-electron chi connectivity index (χ3n) is 12.6. The fraction of sp³-hybridized carbons (Fsp3) is 0.980. The lowest BCUT2D eigenvalue weighted by Crippen LogP contribution is -2.53. The minimum atomic E-state index is -1.25. The Morgan fingerprint density at radius 1 is 0.368 bits per heavy atom. The van der Waals surface area contributed by atoms with Gasteiger partial charge in [0.05, 0.1) is 18.8 Å². The van der Waals surface area contributed by atoms with E-state index < -0.39 is 36.9 Å². The van der Waals surface area contributed by atoms with Gasteiger partial charge in [-0.1, -0.05) is 277 Å². The Balaban J connectivity index is 3.32. The van der Waals surface area contributed by atoms with Crippen molar-refractivity contribution in [1.29, 1.82) is 0 Å². The maximum absolute atomic E-state index is 12.4. The first-order valence-electron chi connectivity index (χ1n) is 25.9. The van der Waals surface area contributed by atoms with E-state index in [1.807, 2.05) is 0 Å². The van der Waals surface area contributed by atoms with Crippen molar-refractivity contribution in [2.24, 2.45) is 0 Å². The lowest BCUT2D eigenvalue weighted by Gasteiger charge is -2.27. The van der Waals surface area contributed by atoms with Crippen molar-refractivity contribution in [2.75, 3.05) is 6.61 Å². The van der Waals surface area contributed by atoms with Crippen LogP contribution in [0.25, 0.3) is 0 Å². The second-order valence-electron chi connectivity index (χ2n) is 18.2. The summed E-state index contributed by atoms with van der Waals surface area (Å²) < 4.78 is 0. The number of aliphatic hydroxyl groups is 4. The van der Waals surface area contributed by atoms with Crippen LogP contribution in [-0.2, 0) is 4.79 Å². The molecule has 4 atom stereocenters. The van der Waals surface area contributed by atoms with E-state index >= 15 is 0 Å². The number of aliphatic hydroxyl groups excluding tert-OH is 4. The third kappa shape index (κ3) is 40.5. The molecule has 0 fully saturated rings. The largest absolute Gasteiger partial charge is 0.394 e. The molecule has 0 aromatic rings. The van der Waals surface area contributed by atoms with Gasteiger partial charge in [0.15, 0.2) is 0 Å². The van der Waals surface area contributed by atoms with Gasteiger partial charge in [-0.05, 0) is 12.8 Å². The smallest absolute Gasteiger partial charge is 0.249 e. The van der Waals surface area contributed by atoms with Gasteiger partial charge in [0.2, 0.25) is 5.91 Å². The molecule has 0 saturated carbocycles.